The fraction of sp³-hybridized carbons (Fsp3) is 0.125. The molecule has 2 aromatic carbocycles. The highest BCUT2D eigenvalue weighted by atomic mass is 19.1. The molecule has 3 rings (SSSR count). The maximum absolute atomic E-state index is 12.8. The third-order valence-corrected chi connectivity index (χ3v) is 3.16. The summed E-state index contributed by atoms with van der Waals surface area (Å²) in [6, 6.07) is 11.4. The number of rotatable bonds is 3. The highest BCUT2D eigenvalue weighted by Crippen LogP contribution is 2.15. The summed E-state index contributed by atoms with van der Waals surface area (Å²) < 4.78 is 12.8. The number of fused-ring (bicyclic) bond motifs is 1. The van der Waals surface area contributed by atoms with Crippen LogP contribution >= 0.6 is 0 Å². The van der Waals surface area contributed by atoms with Crippen LogP contribution in [0.25, 0.3) is 11.0 Å². The van der Waals surface area contributed by atoms with Crippen molar-refractivity contribution in [3.8, 4) is 0 Å². The summed E-state index contributed by atoms with van der Waals surface area (Å²) >= 11 is 0. The van der Waals surface area contributed by atoms with E-state index >= 15 is 0 Å². The molecular weight excluding hydrogens is 269 g/mol. The predicted molar refractivity (Wildman–Crippen MR) is 79.6 cm³/mol. The van der Waals surface area contributed by atoms with Gasteiger partial charge in [-0.05, 0) is 48.9 Å². The number of benzene rings is 2. The van der Waals surface area contributed by atoms with Gasteiger partial charge < -0.3 is 10.3 Å². The third-order valence-electron chi connectivity index (χ3n) is 3.16. The maximum atomic E-state index is 12.8. The molecule has 21 heavy (non-hydrogen) atoms. The molecule has 1 heterocycles. The first-order valence-electron chi connectivity index (χ1n) is 6.61. The van der Waals surface area contributed by atoms with E-state index in [1.54, 1.807) is 0 Å². The Morgan fingerprint density at radius 3 is 2.76 bits per heavy atom. The van der Waals surface area contributed by atoms with Gasteiger partial charge in [-0.1, -0.05) is 6.07 Å². The average Bonchev–Trinajstić information content (AvgIpc) is 2.80. The summed E-state index contributed by atoms with van der Waals surface area (Å²) in [7, 11) is 0. The van der Waals surface area contributed by atoms with Gasteiger partial charge in [0.1, 0.15) is 11.6 Å². The quantitative estimate of drug-likeness (QED) is 0.775. The lowest BCUT2D eigenvalue weighted by Gasteiger charge is -2.05. The van der Waals surface area contributed by atoms with E-state index in [0.717, 1.165) is 22.4 Å². The Bertz CT molecular complexity index is 793. The minimum absolute atomic E-state index is 0.141. The fourth-order valence-corrected chi connectivity index (χ4v) is 2.22. The van der Waals surface area contributed by atoms with Gasteiger partial charge in [-0.25, -0.2) is 9.37 Å². The molecular formula is C16H14FN3O. The van der Waals surface area contributed by atoms with Crippen LogP contribution in [0.4, 0.5) is 10.1 Å². The summed E-state index contributed by atoms with van der Waals surface area (Å²) in [6.07, 6.45) is 0.255. The highest BCUT2D eigenvalue weighted by Gasteiger charge is 2.06. The van der Waals surface area contributed by atoms with Gasteiger partial charge in [0.25, 0.3) is 0 Å². The average molecular weight is 283 g/mol. The van der Waals surface area contributed by atoms with Gasteiger partial charge in [-0.3, -0.25) is 4.79 Å². The number of halogens is 1. The van der Waals surface area contributed by atoms with E-state index in [1.165, 1.54) is 24.3 Å². The molecule has 1 aromatic heterocycles. The Morgan fingerprint density at radius 2 is 2.00 bits per heavy atom. The second kappa shape index (κ2) is 5.36. The second-order valence-electron chi connectivity index (χ2n) is 4.91. The first kappa shape index (κ1) is 13.3. The monoisotopic (exact) mass is 283 g/mol. The van der Waals surface area contributed by atoms with E-state index in [1.807, 2.05) is 25.1 Å². The predicted octanol–water partition coefficient (Wildman–Crippen LogP) is 3.19. The first-order valence-corrected chi connectivity index (χ1v) is 6.61. The van der Waals surface area contributed by atoms with Crippen LogP contribution < -0.4 is 5.32 Å². The van der Waals surface area contributed by atoms with Crippen molar-refractivity contribution in [3.05, 3.63) is 59.7 Å². The molecule has 106 valence electrons. The number of nitrogens with zero attached hydrogens (tertiary/aromatic N) is 1. The van der Waals surface area contributed by atoms with Gasteiger partial charge in [0.05, 0.1) is 17.5 Å². The molecule has 0 aliphatic carbocycles. The fourth-order valence-electron chi connectivity index (χ4n) is 2.22. The van der Waals surface area contributed by atoms with Crippen LogP contribution in [0.15, 0.2) is 42.5 Å². The Kier molecular flexibility index (Phi) is 3.39. The normalized spacial score (nSPS) is 10.8. The minimum Gasteiger partial charge on any atom is -0.342 e. The van der Waals surface area contributed by atoms with E-state index in [0.29, 0.717) is 5.69 Å². The summed E-state index contributed by atoms with van der Waals surface area (Å²) in [5, 5.41) is 2.74. The molecule has 0 spiro atoms. The van der Waals surface area contributed by atoms with E-state index in [-0.39, 0.29) is 18.1 Å². The zero-order valence-corrected chi connectivity index (χ0v) is 11.5. The molecule has 0 bridgehead atoms. The lowest BCUT2D eigenvalue weighted by molar-refractivity contribution is -0.115. The van der Waals surface area contributed by atoms with Crippen LogP contribution in [0.3, 0.4) is 0 Å². The van der Waals surface area contributed by atoms with Crippen molar-refractivity contribution in [1.82, 2.24) is 9.97 Å². The number of imidazole rings is 1. The number of H-pyrrole nitrogens is 1. The molecule has 0 aliphatic rings. The van der Waals surface area contributed by atoms with Gasteiger partial charge in [-0.15, -0.1) is 0 Å². The standard InChI is InChI=1S/C16H14FN3O/c1-10-18-14-7-2-11(8-15(14)19-10)9-16(21)20-13-5-3-12(17)4-6-13/h2-8H,9H2,1H3,(H,18,19)(H,20,21). The Morgan fingerprint density at radius 1 is 1.24 bits per heavy atom. The van der Waals surface area contributed by atoms with Crippen molar-refractivity contribution in [2.75, 3.05) is 5.32 Å². The van der Waals surface area contributed by atoms with Crippen LogP contribution in [-0.2, 0) is 11.2 Å². The van der Waals surface area contributed by atoms with Gasteiger partial charge in [-0.2, -0.15) is 0 Å². The molecule has 0 saturated carbocycles. The number of aromatic amines is 1. The summed E-state index contributed by atoms with van der Waals surface area (Å²) in [5.41, 5.74) is 3.28. The number of hydrogen-bond donors (Lipinski definition) is 2. The molecule has 0 atom stereocenters. The lowest BCUT2D eigenvalue weighted by Crippen LogP contribution is -2.14. The van der Waals surface area contributed by atoms with Gasteiger partial charge in [0, 0.05) is 5.69 Å². The van der Waals surface area contributed by atoms with Crippen LogP contribution in [0.5, 0.6) is 0 Å². The van der Waals surface area contributed by atoms with Crippen molar-refractivity contribution in [2.45, 2.75) is 13.3 Å². The first-order chi connectivity index (χ1) is 10.1. The Hall–Kier alpha value is -2.69. The minimum atomic E-state index is -0.326. The summed E-state index contributed by atoms with van der Waals surface area (Å²) in [5.74, 6) is 0.378. The summed E-state index contributed by atoms with van der Waals surface area (Å²) in [6.45, 7) is 1.89. The van der Waals surface area contributed by atoms with Crippen molar-refractivity contribution < 1.29 is 9.18 Å². The Labute approximate surface area is 121 Å². The number of anilines is 1. The van der Waals surface area contributed by atoms with Crippen molar-refractivity contribution in [1.29, 1.82) is 0 Å². The molecule has 4 nitrogen and oxygen atoms in total. The van der Waals surface area contributed by atoms with Gasteiger partial charge >= 0.3 is 0 Å². The molecule has 1 amide bonds. The number of aromatic nitrogens is 2. The lowest BCUT2D eigenvalue weighted by atomic mass is 10.1. The number of carbonyl (C=O) groups excluding carboxylic acids is 1. The maximum Gasteiger partial charge on any atom is 0.228 e. The molecule has 3 aromatic rings. The molecule has 0 aliphatic heterocycles. The number of nitrogens with one attached hydrogen (secondary N) is 2. The van der Waals surface area contributed by atoms with Crippen LogP contribution in [-0.4, -0.2) is 15.9 Å². The SMILES string of the molecule is Cc1nc2ccc(CC(=O)Nc3ccc(F)cc3)cc2[nH]1. The van der Waals surface area contributed by atoms with E-state index in [2.05, 4.69) is 15.3 Å². The third kappa shape index (κ3) is 3.08. The van der Waals surface area contributed by atoms with Crippen LogP contribution in [0, 0.1) is 12.7 Å². The molecule has 0 fully saturated rings. The molecule has 5 heteroatoms. The molecule has 0 radical (unpaired) electrons. The van der Waals surface area contributed by atoms with Crippen LogP contribution in [0.1, 0.15) is 11.4 Å². The zero-order chi connectivity index (χ0) is 14.8. The molecule has 0 saturated heterocycles. The smallest absolute Gasteiger partial charge is 0.228 e. The van der Waals surface area contributed by atoms with Crippen molar-refractivity contribution in [3.63, 3.8) is 0 Å². The number of amides is 1. The highest BCUT2D eigenvalue weighted by molar-refractivity contribution is 5.92. The molecule has 2 N–H and O–H groups in total. The largest absolute Gasteiger partial charge is 0.342 e. The summed E-state index contributed by atoms with van der Waals surface area (Å²) in [4.78, 5) is 19.4. The van der Waals surface area contributed by atoms with Crippen molar-refractivity contribution >= 4 is 22.6 Å². The van der Waals surface area contributed by atoms with Crippen LogP contribution in [0.2, 0.25) is 0 Å². The molecule has 0 unspecified atom stereocenters. The van der Waals surface area contributed by atoms with Crippen molar-refractivity contribution in [2.24, 2.45) is 0 Å². The van der Waals surface area contributed by atoms with E-state index in [4.69, 9.17) is 0 Å². The second-order valence-corrected chi connectivity index (χ2v) is 4.91. The number of aryl methyl sites for hydroxylation is 1. The zero-order valence-electron chi connectivity index (χ0n) is 11.5. The van der Waals surface area contributed by atoms with E-state index in [9.17, 15) is 9.18 Å². The van der Waals surface area contributed by atoms with Gasteiger partial charge in [0.15, 0.2) is 0 Å². The van der Waals surface area contributed by atoms with Gasteiger partial charge in [0.2, 0.25) is 5.91 Å². The number of hydrogen-bond acceptors (Lipinski definition) is 2. The Balaban J connectivity index is 1.71. The topological polar surface area (TPSA) is 57.8 Å². The number of carbonyl (C=O) groups is 1. The van der Waals surface area contributed by atoms with E-state index < -0.39 is 0 Å².